The third-order valence-corrected chi connectivity index (χ3v) is 5.78. The zero-order valence-corrected chi connectivity index (χ0v) is 18.7. The number of ether oxygens (including phenoxy) is 1. The third-order valence-electron chi connectivity index (χ3n) is 5.29. The highest BCUT2D eigenvalue weighted by Gasteiger charge is 2.31. The van der Waals surface area contributed by atoms with Crippen molar-refractivity contribution >= 4 is 44.0 Å². The van der Waals surface area contributed by atoms with Crippen molar-refractivity contribution in [2.24, 2.45) is 7.05 Å². The summed E-state index contributed by atoms with van der Waals surface area (Å²) >= 11 is 3.53. The maximum absolute atomic E-state index is 13.2. The van der Waals surface area contributed by atoms with E-state index in [0.29, 0.717) is 13.1 Å². The van der Waals surface area contributed by atoms with E-state index in [1.54, 1.807) is 22.7 Å². The van der Waals surface area contributed by atoms with Crippen LogP contribution in [0.4, 0.5) is 4.79 Å². The van der Waals surface area contributed by atoms with E-state index >= 15 is 0 Å². The van der Waals surface area contributed by atoms with Crippen LogP contribution >= 0.6 is 15.9 Å². The van der Waals surface area contributed by atoms with Crippen molar-refractivity contribution in [2.75, 3.05) is 13.1 Å². The maximum atomic E-state index is 13.2. The number of likely N-dealkylation sites (tertiary alicyclic amines) is 1. The number of hydrogen-bond donors (Lipinski definition) is 0. The highest BCUT2D eigenvalue weighted by atomic mass is 79.9. The van der Waals surface area contributed by atoms with Crippen molar-refractivity contribution in [3.63, 3.8) is 0 Å². The number of carbonyl (C=O) groups excluding carboxylic acids is 1. The number of rotatable bonds is 1. The lowest BCUT2D eigenvalue weighted by Crippen LogP contribution is -2.45. The lowest BCUT2D eigenvalue weighted by Gasteiger charge is -2.34. The molecule has 1 amide bonds. The number of pyridine rings is 1. The second kappa shape index (κ2) is 7.16. The van der Waals surface area contributed by atoms with Crippen LogP contribution < -0.4 is 5.69 Å². The van der Waals surface area contributed by atoms with Crippen molar-refractivity contribution in [1.29, 1.82) is 0 Å². The molecule has 8 heteroatoms. The molecule has 1 aromatic carbocycles. The lowest BCUT2D eigenvalue weighted by atomic mass is 10.1. The van der Waals surface area contributed by atoms with Crippen LogP contribution in [0, 0.1) is 0 Å². The Labute approximate surface area is 177 Å². The van der Waals surface area contributed by atoms with Gasteiger partial charge in [-0.1, -0.05) is 15.9 Å². The van der Waals surface area contributed by atoms with E-state index in [9.17, 15) is 9.59 Å². The number of aromatic nitrogens is 3. The summed E-state index contributed by atoms with van der Waals surface area (Å²) in [6.07, 6.45) is 3.07. The maximum Gasteiger partial charge on any atom is 0.410 e. The Morgan fingerprint density at radius 1 is 1.31 bits per heavy atom. The summed E-state index contributed by atoms with van der Waals surface area (Å²) in [4.78, 5) is 32.0. The fourth-order valence-corrected chi connectivity index (χ4v) is 4.36. The van der Waals surface area contributed by atoms with Gasteiger partial charge in [-0.25, -0.2) is 9.59 Å². The van der Waals surface area contributed by atoms with E-state index in [0.717, 1.165) is 39.3 Å². The van der Waals surface area contributed by atoms with Gasteiger partial charge in [-0.05, 0) is 51.8 Å². The summed E-state index contributed by atoms with van der Waals surface area (Å²) in [5, 5.41) is 0.920. The van der Waals surface area contributed by atoms with Crippen LogP contribution in [0.15, 0.2) is 33.7 Å². The van der Waals surface area contributed by atoms with Crippen molar-refractivity contribution in [2.45, 2.75) is 45.3 Å². The van der Waals surface area contributed by atoms with Gasteiger partial charge < -0.3 is 9.64 Å². The van der Waals surface area contributed by atoms with Gasteiger partial charge in [0.2, 0.25) is 0 Å². The minimum Gasteiger partial charge on any atom is -0.444 e. The van der Waals surface area contributed by atoms with Gasteiger partial charge in [0.1, 0.15) is 5.60 Å². The van der Waals surface area contributed by atoms with E-state index in [-0.39, 0.29) is 17.8 Å². The van der Waals surface area contributed by atoms with E-state index < -0.39 is 5.60 Å². The van der Waals surface area contributed by atoms with Gasteiger partial charge >= 0.3 is 11.8 Å². The largest absolute Gasteiger partial charge is 0.444 e. The number of aryl methyl sites for hydroxylation is 1. The van der Waals surface area contributed by atoms with Crippen LogP contribution in [0.1, 0.15) is 39.7 Å². The molecule has 3 heterocycles. The SMILES string of the molecule is Cn1c(=O)n([C@@H]2CCCN(C(=O)OC(C)(C)C)C2)c2c3cc(Br)ccc3ncc21. The van der Waals surface area contributed by atoms with Crippen molar-refractivity contribution in [1.82, 2.24) is 19.0 Å². The molecular formula is C21H25BrN4O3. The number of halogens is 1. The molecule has 2 aromatic heterocycles. The number of fused-ring (bicyclic) bond motifs is 3. The number of piperidine rings is 1. The first kappa shape index (κ1) is 19.9. The Kier molecular flexibility index (Phi) is 4.93. The number of benzene rings is 1. The predicted octanol–water partition coefficient (Wildman–Crippen LogP) is 4.22. The highest BCUT2D eigenvalue weighted by Crippen LogP contribution is 2.30. The molecule has 1 atom stereocenters. The van der Waals surface area contributed by atoms with Crippen LogP contribution in [0.25, 0.3) is 21.9 Å². The minimum absolute atomic E-state index is 0.0923. The standard InChI is InChI=1S/C21H25BrN4O3/c1-21(2,3)29-20(28)25-9-5-6-14(12-25)26-18-15-10-13(22)7-8-16(15)23-11-17(18)24(4)19(26)27/h7-8,10-11,14H,5-6,9,12H2,1-4H3/t14-/m1/s1. The summed E-state index contributed by atoms with van der Waals surface area (Å²) < 4.78 is 9.95. The molecule has 1 aliphatic rings. The molecule has 0 bridgehead atoms. The first-order valence-electron chi connectivity index (χ1n) is 9.79. The third kappa shape index (κ3) is 3.66. The summed E-state index contributed by atoms with van der Waals surface area (Å²) in [5.41, 5.74) is 1.84. The van der Waals surface area contributed by atoms with E-state index in [4.69, 9.17) is 4.74 Å². The number of amides is 1. The van der Waals surface area contributed by atoms with Crippen molar-refractivity contribution in [3.8, 4) is 0 Å². The van der Waals surface area contributed by atoms with Crippen molar-refractivity contribution in [3.05, 3.63) is 39.4 Å². The second-order valence-electron chi connectivity index (χ2n) is 8.59. The number of nitrogens with zero attached hydrogens (tertiary/aromatic N) is 4. The van der Waals surface area contributed by atoms with Gasteiger partial charge in [0.05, 0.1) is 28.8 Å². The summed E-state index contributed by atoms with van der Waals surface area (Å²) in [6.45, 7) is 6.67. The predicted molar refractivity (Wildman–Crippen MR) is 116 cm³/mol. The summed E-state index contributed by atoms with van der Waals surface area (Å²) in [5.74, 6) is 0. The Morgan fingerprint density at radius 3 is 2.79 bits per heavy atom. The zero-order chi connectivity index (χ0) is 20.9. The zero-order valence-electron chi connectivity index (χ0n) is 17.1. The number of hydrogen-bond acceptors (Lipinski definition) is 4. The summed E-state index contributed by atoms with van der Waals surface area (Å²) in [6, 6.07) is 5.76. The fourth-order valence-electron chi connectivity index (χ4n) is 4.00. The second-order valence-corrected chi connectivity index (χ2v) is 9.50. The van der Waals surface area contributed by atoms with Crippen molar-refractivity contribution < 1.29 is 9.53 Å². The van der Waals surface area contributed by atoms with Gasteiger partial charge in [-0.3, -0.25) is 14.1 Å². The average molecular weight is 461 g/mol. The lowest BCUT2D eigenvalue weighted by molar-refractivity contribution is 0.0173. The molecule has 4 rings (SSSR count). The molecule has 0 saturated carbocycles. The minimum atomic E-state index is -0.547. The van der Waals surface area contributed by atoms with E-state index in [2.05, 4.69) is 20.9 Å². The summed E-state index contributed by atoms with van der Waals surface area (Å²) in [7, 11) is 1.77. The van der Waals surface area contributed by atoms with E-state index in [1.807, 2.05) is 43.5 Å². The smallest absolute Gasteiger partial charge is 0.410 e. The Bertz CT molecular complexity index is 1160. The Balaban J connectivity index is 1.81. The van der Waals surface area contributed by atoms with Gasteiger partial charge in [0, 0.05) is 30.0 Å². The molecular weight excluding hydrogens is 436 g/mol. The molecule has 0 spiro atoms. The fraction of sp³-hybridized carbons (Fsp3) is 0.476. The highest BCUT2D eigenvalue weighted by molar-refractivity contribution is 9.10. The number of carbonyl (C=O) groups is 1. The van der Waals surface area contributed by atoms with Gasteiger partial charge in [-0.2, -0.15) is 0 Å². The number of imidazole rings is 1. The molecule has 1 aliphatic heterocycles. The molecule has 7 nitrogen and oxygen atoms in total. The molecule has 29 heavy (non-hydrogen) atoms. The van der Waals surface area contributed by atoms with Crippen LogP contribution in [-0.2, 0) is 11.8 Å². The van der Waals surface area contributed by atoms with Gasteiger partial charge in [0.25, 0.3) is 0 Å². The molecule has 154 valence electrons. The molecule has 0 radical (unpaired) electrons. The normalized spacial score (nSPS) is 17.8. The van der Waals surface area contributed by atoms with Crippen LogP contribution in [-0.4, -0.2) is 43.8 Å². The molecule has 0 aliphatic carbocycles. The first-order valence-corrected chi connectivity index (χ1v) is 10.6. The average Bonchev–Trinajstić information content (AvgIpc) is 2.92. The first-order chi connectivity index (χ1) is 13.7. The van der Waals surface area contributed by atoms with Crippen LogP contribution in [0.3, 0.4) is 0 Å². The molecule has 1 fully saturated rings. The molecule has 0 N–H and O–H groups in total. The van der Waals surface area contributed by atoms with Crippen LogP contribution in [0.2, 0.25) is 0 Å². The molecule has 3 aromatic rings. The molecule has 1 saturated heterocycles. The van der Waals surface area contributed by atoms with Gasteiger partial charge in [0.15, 0.2) is 0 Å². The Morgan fingerprint density at radius 2 is 2.07 bits per heavy atom. The molecule has 0 unspecified atom stereocenters. The van der Waals surface area contributed by atoms with Crippen LogP contribution in [0.5, 0.6) is 0 Å². The Hall–Kier alpha value is -2.35. The quantitative estimate of drug-likeness (QED) is 0.544. The van der Waals surface area contributed by atoms with Gasteiger partial charge in [-0.15, -0.1) is 0 Å². The monoisotopic (exact) mass is 460 g/mol. The topological polar surface area (TPSA) is 69.4 Å². The van der Waals surface area contributed by atoms with E-state index in [1.165, 1.54) is 0 Å².